The van der Waals surface area contributed by atoms with Crippen LogP contribution in [0, 0.1) is 0 Å². The average Bonchev–Trinajstić information content (AvgIpc) is 3.13. The van der Waals surface area contributed by atoms with E-state index >= 15 is 0 Å². The van der Waals surface area contributed by atoms with Crippen LogP contribution < -0.4 is 20.1 Å². The first kappa shape index (κ1) is 17.3. The molecule has 3 N–H and O–H groups in total. The molecule has 4 rings (SSSR count). The fourth-order valence-corrected chi connectivity index (χ4v) is 3.88. The first-order valence-electron chi connectivity index (χ1n) is 8.95. The molecule has 8 nitrogen and oxygen atoms in total. The standard InChI is InChI=1S/C19H21N3O5/c1-21-9-6-13-15(20-18(24)17(16(13)23)27-19(25)26)12-5-4-11(10-14(12)21)22-7-2-3-8-22/h4-5,10H,2-3,6-9H2,1H3,(H,25,26)(H2,20,23,24). The highest BCUT2D eigenvalue weighted by molar-refractivity contribution is 5.84. The summed E-state index contributed by atoms with van der Waals surface area (Å²) in [5.74, 6) is -0.998. The number of aromatic hydroxyl groups is 1. The van der Waals surface area contributed by atoms with Gasteiger partial charge >= 0.3 is 6.16 Å². The highest BCUT2D eigenvalue weighted by Gasteiger charge is 2.26. The van der Waals surface area contributed by atoms with E-state index in [0.29, 0.717) is 24.2 Å². The molecule has 0 spiro atoms. The molecule has 0 radical (unpaired) electrons. The van der Waals surface area contributed by atoms with Crippen LogP contribution in [0.5, 0.6) is 11.5 Å². The normalized spacial score (nSPS) is 15.9. The van der Waals surface area contributed by atoms with Gasteiger partial charge in [0.1, 0.15) is 0 Å². The van der Waals surface area contributed by atoms with Crippen molar-refractivity contribution >= 4 is 17.5 Å². The number of carbonyl (C=O) groups is 1. The van der Waals surface area contributed by atoms with Crippen LogP contribution in [0.15, 0.2) is 23.0 Å². The van der Waals surface area contributed by atoms with Crippen molar-refractivity contribution in [1.82, 2.24) is 4.98 Å². The summed E-state index contributed by atoms with van der Waals surface area (Å²) in [4.78, 5) is 30.2. The van der Waals surface area contributed by atoms with Crippen molar-refractivity contribution in [2.24, 2.45) is 0 Å². The number of nitrogens with one attached hydrogen (secondary N) is 1. The number of benzene rings is 1. The van der Waals surface area contributed by atoms with Crippen LogP contribution in [-0.4, -0.2) is 48.0 Å². The minimum Gasteiger partial charge on any atom is -0.504 e. The molecule has 2 aliphatic heterocycles. The summed E-state index contributed by atoms with van der Waals surface area (Å²) in [5, 5.41) is 19.3. The number of anilines is 2. The third-order valence-corrected chi connectivity index (χ3v) is 5.27. The number of aromatic amines is 1. The van der Waals surface area contributed by atoms with Crippen LogP contribution in [-0.2, 0) is 6.42 Å². The number of pyridine rings is 1. The zero-order chi connectivity index (χ0) is 19.1. The fourth-order valence-electron chi connectivity index (χ4n) is 3.88. The molecule has 1 fully saturated rings. The van der Waals surface area contributed by atoms with Gasteiger partial charge in [-0.3, -0.25) is 4.79 Å². The molecule has 0 aliphatic carbocycles. The molecule has 0 atom stereocenters. The molecule has 27 heavy (non-hydrogen) atoms. The Morgan fingerprint density at radius 2 is 1.96 bits per heavy atom. The number of carboxylic acid groups (broad SMARTS) is 1. The lowest BCUT2D eigenvalue weighted by molar-refractivity contribution is 0.142. The lowest BCUT2D eigenvalue weighted by Gasteiger charge is -2.24. The van der Waals surface area contributed by atoms with E-state index in [2.05, 4.69) is 25.6 Å². The quantitative estimate of drug-likeness (QED) is 0.696. The molecule has 8 heteroatoms. The van der Waals surface area contributed by atoms with E-state index in [-0.39, 0.29) is 0 Å². The Morgan fingerprint density at radius 3 is 2.67 bits per heavy atom. The maximum absolute atomic E-state index is 12.3. The minimum atomic E-state index is -1.64. The molecule has 0 bridgehead atoms. The van der Waals surface area contributed by atoms with Crippen LogP contribution in [0.1, 0.15) is 18.4 Å². The Kier molecular flexibility index (Phi) is 4.18. The average molecular weight is 371 g/mol. The second kappa shape index (κ2) is 6.53. The van der Waals surface area contributed by atoms with Crippen molar-refractivity contribution in [3.05, 3.63) is 34.1 Å². The van der Waals surface area contributed by atoms with Crippen molar-refractivity contribution in [2.45, 2.75) is 19.3 Å². The van der Waals surface area contributed by atoms with Crippen molar-refractivity contribution in [3.8, 4) is 22.8 Å². The van der Waals surface area contributed by atoms with Crippen LogP contribution in [0.25, 0.3) is 11.3 Å². The first-order chi connectivity index (χ1) is 13.0. The van der Waals surface area contributed by atoms with Crippen molar-refractivity contribution < 1.29 is 19.7 Å². The van der Waals surface area contributed by atoms with Crippen molar-refractivity contribution in [3.63, 3.8) is 0 Å². The zero-order valence-corrected chi connectivity index (χ0v) is 15.0. The zero-order valence-electron chi connectivity index (χ0n) is 15.0. The molecule has 0 unspecified atom stereocenters. The van der Waals surface area contributed by atoms with Gasteiger partial charge in [-0.1, -0.05) is 0 Å². The number of aromatic nitrogens is 1. The second-order valence-corrected chi connectivity index (χ2v) is 6.92. The third-order valence-electron chi connectivity index (χ3n) is 5.27. The Labute approximate surface area is 155 Å². The molecule has 1 saturated heterocycles. The van der Waals surface area contributed by atoms with Crippen molar-refractivity contribution in [1.29, 1.82) is 0 Å². The highest BCUT2D eigenvalue weighted by atomic mass is 16.7. The Balaban J connectivity index is 1.86. The highest BCUT2D eigenvalue weighted by Crippen LogP contribution is 2.41. The van der Waals surface area contributed by atoms with Crippen LogP contribution in [0.3, 0.4) is 0 Å². The molecule has 2 aromatic rings. The Hall–Kier alpha value is -3.16. The minimum absolute atomic E-state index is 0.416. The number of hydrogen-bond donors (Lipinski definition) is 3. The van der Waals surface area contributed by atoms with Gasteiger partial charge in [0, 0.05) is 49.2 Å². The van der Waals surface area contributed by atoms with Gasteiger partial charge in [0.15, 0.2) is 5.75 Å². The van der Waals surface area contributed by atoms with E-state index < -0.39 is 23.2 Å². The van der Waals surface area contributed by atoms with E-state index in [4.69, 9.17) is 5.11 Å². The third kappa shape index (κ3) is 2.97. The molecule has 1 aromatic carbocycles. The number of hydrogen-bond acceptors (Lipinski definition) is 6. The molecule has 1 aromatic heterocycles. The van der Waals surface area contributed by atoms with Gasteiger partial charge in [0.2, 0.25) is 5.75 Å². The fraction of sp³-hybridized carbons (Fsp3) is 0.368. The van der Waals surface area contributed by atoms with E-state index in [0.717, 1.165) is 30.0 Å². The van der Waals surface area contributed by atoms with Gasteiger partial charge in [-0.25, -0.2) is 4.79 Å². The van der Waals surface area contributed by atoms with Gasteiger partial charge in [-0.05, 0) is 37.5 Å². The predicted octanol–water partition coefficient (Wildman–Crippen LogP) is 2.40. The number of H-pyrrole nitrogens is 1. The number of likely N-dealkylation sites (N-methyl/N-ethyl adjacent to an activating group) is 1. The summed E-state index contributed by atoms with van der Waals surface area (Å²) in [6.07, 6.45) is 1.17. The van der Waals surface area contributed by atoms with E-state index in [9.17, 15) is 14.7 Å². The maximum atomic E-state index is 12.3. The van der Waals surface area contributed by atoms with Crippen LogP contribution >= 0.6 is 0 Å². The van der Waals surface area contributed by atoms with Crippen LogP contribution in [0.2, 0.25) is 0 Å². The largest absolute Gasteiger partial charge is 0.511 e. The summed E-state index contributed by atoms with van der Waals surface area (Å²) in [6.45, 7) is 2.68. The topological polar surface area (TPSA) is 106 Å². The number of nitrogens with zero attached hydrogens (tertiary/aromatic N) is 2. The Bertz CT molecular complexity index is 963. The lowest BCUT2D eigenvalue weighted by atomic mass is 10.0. The van der Waals surface area contributed by atoms with Crippen molar-refractivity contribution in [2.75, 3.05) is 36.5 Å². The molecule has 3 heterocycles. The summed E-state index contributed by atoms with van der Waals surface area (Å²) in [6, 6.07) is 6.06. The first-order valence-corrected chi connectivity index (χ1v) is 8.95. The summed E-state index contributed by atoms with van der Waals surface area (Å²) in [7, 11) is 1.96. The summed E-state index contributed by atoms with van der Waals surface area (Å²) >= 11 is 0. The monoisotopic (exact) mass is 371 g/mol. The van der Waals surface area contributed by atoms with Gasteiger partial charge in [0.05, 0.1) is 5.69 Å². The van der Waals surface area contributed by atoms with Gasteiger partial charge in [0.25, 0.3) is 5.56 Å². The second-order valence-electron chi connectivity index (χ2n) is 6.92. The number of ether oxygens (including phenoxy) is 1. The number of fused-ring (bicyclic) bond motifs is 3. The smallest absolute Gasteiger partial charge is 0.504 e. The predicted molar refractivity (Wildman–Crippen MR) is 101 cm³/mol. The van der Waals surface area contributed by atoms with Gasteiger partial charge in [-0.15, -0.1) is 0 Å². The summed E-state index contributed by atoms with van der Waals surface area (Å²) in [5.41, 5.74) is 3.10. The molecular formula is C19H21N3O5. The van der Waals surface area contributed by atoms with Gasteiger partial charge < -0.3 is 29.7 Å². The SMILES string of the molecule is CN1CCc2c([nH]c(=O)c(OC(=O)O)c2O)-c2ccc(N3CCCC3)cc21. The maximum Gasteiger partial charge on any atom is 0.511 e. The van der Waals surface area contributed by atoms with Gasteiger partial charge in [-0.2, -0.15) is 0 Å². The lowest BCUT2D eigenvalue weighted by Crippen LogP contribution is -2.21. The molecule has 2 aliphatic rings. The molecule has 142 valence electrons. The molecule has 0 saturated carbocycles. The van der Waals surface area contributed by atoms with E-state index in [1.165, 1.54) is 12.8 Å². The number of rotatable bonds is 2. The van der Waals surface area contributed by atoms with E-state index in [1.807, 2.05) is 19.2 Å². The van der Waals surface area contributed by atoms with Crippen LogP contribution in [0.4, 0.5) is 16.2 Å². The Morgan fingerprint density at radius 1 is 1.22 bits per heavy atom. The summed E-state index contributed by atoms with van der Waals surface area (Å²) < 4.78 is 4.49. The molecule has 0 amide bonds. The molecular weight excluding hydrogens is 350 g/mol. The van der Waals surface area contributed by atoms with E-state index in [1.54, 1.807) is 0 Å².